The van der Waals surface area contributed by atoms with E-state index < -0.39 is 40.1 Å². The lowest BCUT2D eigenvalue weighted by atomic mass is 9.77. The van der Waals surface area contributed by atoms with Gasteiger partial charge in [-0.15, -0.1) is 0 Å². The van der Waals surface area contributed by atoms with Crippen LogP contribution in [0.25, 0.3) is 22.0 Å². The fourth-order valence-electron chi connectivity index (χ4n) is 12.2. The number of amides is 5. The molecule has 4 aromatic carbocycles. The van der Waals surface area contributed by atoms with Crippen molar-refractivity contribution in [2.75, 3.05) is 57.4 Å². The molecule has 5 heterocycles. The molecule has 3 saturated heterocycles. The van der Waals surface area contributed by atoms with Crippen molar-refractivity contribution < 1.29 is 46.9 Å². The Morgan fingerprint density at radius 1 is 0.932 bits per heavy atom. The molecule has 386 valence electrons. The van der Waals surface area contributed by atoms with Crippen molar-refractivity contribution in [2.24, 2.45) is 18.7 Å². The molecule has 0 radical (unpaired) electrons. The second-order valence-corrected chi connectivity index (χ2v) is 20.5. The molecule has 73 heavy (non-hydrogen) atoms. The number of halogens is 4. The average Bonchev–Trinajstić information content (AvgIpc) is 3.87. The Hall–Kier alpha value is -6.21. The summed E-state index contributed by atoms with van der Waals surface area (Å²) in [5.74, 6) is -3.69. The van der Waals surface area contributed by atoms with Gasteiger partial charge in [-0.05, 0) is 106 Å². The van der Waals surface area contributed by atoms with Crippen LogP contribution in [0.1, 0.15) is 104 Å². The first-order chi connectivity index (χ1) is 35.2. The molecule has 4 fully saturated rings. The molecule has 0 unspecified atom stereocenters. The number of nitrogens with zero attached hydrogens (tertiary/aromatic N) is 5. The number of hydrogen-bond donors (Lipinski definition) is 4. The van der Waals surface area contributed by atoms with E-state index in [1.54, 1.807) is 11.7 Å². The summed E-state index contributed by atoms with van der Waals surface area (Å²) in [4.78, 5) is 57.0. The second kappa shape index (κ2) is 20.6. The van der Waals surface area contributed by atoms with E-state index in [1.165, 1.54) is 29.2 Å². The van der Waals surface area contributed by atoms with E-state index in [2.05, 4.69) is 20.6 Å². The molecule has 0 spiro atoms. The van der Waals surface area contributed by atoms with E-state index in [0.29, 0.717) is 54.3 Å². The number of benzene rings is 4. The molecule has 1 aromatic heterocycles. The molecule has 19 heteroatoms. The van der Waals surface area contributed by atoms with E-state index in [-0.39, 0.29) is 96.4 Å². The molecular weight excluding hydrogens is 965 g/mol. The molecule has 0 bridgehead atoms. The number of likely N-dealkylation sites (tertiary alicyclic amines) is 2. The minimum absolute atomic E-state index is 0.0314. The highest BCUT2D eigenvalue weighted by molar-refractivity contribution is 6.34. The molecular formula is C54H60ClF3N8O7. The van der Waals surface area contributed by atoms with E-state index >= 15 is 13.2 Å². The Balaban J connectivity index is 0.753. The maximum atomic E-state index is 16.5. The first kappa shape index (κ1) is 50.3. The zero-order valence-electron chi connectivity index (χ0n) is 40.9. The van der Waals surface area contributed by atoms with Crippen LogP contribution in [0.3, 0.4) is 0 Å². The quantitative estimate of drug-likeness (QED) is 0.0915. The van der Waals surface area contributed by atoms with Gasteiger partial charge >= 0.3 is 6.03 Å². The van der Waals surface area contributed by atoms with E-state index in [1.807, 2.05) is 48.2 Å². The number of fused-ring (bicyclic) bond motifs is 2. The smallest absolute Gasteiger partial charge is 0.329 e. The Bertz CT molecular complexity index is 2950. The zero-order valence-corrected chi connectivity index (χ0v) is 41.7. The number of primary amides is 1. The van der Waals surface area contributed by atoms with Crippen LogP contribution < -0.4 is 30.7 Å². The Labute approximate surface area is 426 Å². The Morgan fingerprint density at radius 3 is 2.34 bits per heavy atom. The Kier molecular flexibility index (Phi) is 14.2. The number of aliphatic hydroxyl groups excluding tert-OH is 1. The molecule has 4 aliphatic heterocycles. The van der Waals surface area contributed by atoms with Gasteiger partial charge in [0.1, 0.15) is 24.0 Å². The van der Waals surface area contributed by atoms with Gasteiger partial charge in [0.05, 0.1) is 22.7 Å². The maximum absolute atomic E-state index is 16.5. The summed E-state index contributed by atoms with van der Waals surface area (Å²) < 4.78 is 62.1. The summed E-state index contributed by atoms with van der Waals surface area (Å²) in [6, 6.07) is 16.4. The number of imide groups is 1. The molecule has 2 atom stereocenters. The highest BCUT2D eigenvalue weighted by atomic mass is 35.5. The second-order valence-electron chi connectivity index (χ2n) is 20.2. The van der Waals surface area contributed by atoms with Gasteiger partial charge in [0.2, 0.25) is 17.7 Å². The van der Waals surface area contributed by atoms with Crippen LogP contribution in [0.5, 0.6) is 11.5 Å². The van der Waals surface area contributed by atoms with E-state index in [4.69, 9.17) is 26.8 Å². The van der Waals surface area contributed by atoms with Crippen molar-refractivity contribution >= 4 is 52.1 Å². The predicted octanol–water partition coefficient (Wildman–Crippen LogP) is 7.64. The van der Waals surface area contributed by atoms with Gasteiger partial charge < -0.3 is 35.4 Å². The normalized spacial score (nSPS) is 23.1. The van der Waals surface area contributed by atoms with Gasteiger partial charge in [-0.3, -0.25) is 29.3 Å². The number of hydrogen-bond acceptors (Lipinski definition) is 10. The number of nitrogens with two attached hydrogens (primary N) is 1. The minimum Gasteiger partial charge on any atom is -0.488 e. The van der Waals surface area contributed by atoms with Crippen molar-refractivity contribution in [3.05, 3.63) is 105 Å². The molecule has 5 N–H and O–H groups in total. The molecule has 1 aliphatic carbocycles. The highest BCUT2D eigenvalue weighted by Crippen LogP contribution is 2.56. The topological polar surface area (TPSA) is 185 Å². The molecule has 10 rings (SSSR count). The lowest BCUT2D eigenvalue weighted by Crippen LogP contribution is -2.51. The van der Waals surface area contributed by atoms with Crippen LogP contribution in [0.4, 0.5) is 23.8 Å². The van der Waals surface area contributed by atoms with Crippen molar-refractivity contribution in [1.82, 2.24) is 30.2 Å². The third-order valence-electron chi connectivity index (χ3n) is 16.1. The maximum Gasteiger partial charge on any atom is 0.329 e. The molecule has 15 nitrogen and oxygen atoms in total. The van der Waals surface area contributed by atoms with Crippen molar-refractivity contribution in [2.45, 2.75) is 94.2 Å². The number of carbonyl (C=O) groups is 4. The lowest BCUT2D eigenvalue weighted by molar-refractivity contribution is -0.138. The lowest BCUT2D eigenvalue weighted by Gasteiger charge is -2.43. The number of aryl methyl sites for hydroxylation is 1. The summed E-state index contributed by atoms with van der Waals surface area (Å²) >= 11 is 6.72. The first-order valence-electron chi connectivity index (χ1n) is 25.3. The van der Waals surface area contributed by atoms with Crippen molar-refractivity contribution in [1.29, 1.82) is 0 Å². The average molecular weight is 1030 g/mol. The van der Waals surface area contributed by atoms with Crippen LogP contribution in [0, 0.1) is 23.4 Å². The van der Waals surface area contributed by atoms with Gasteiger partial charge in [-0.2, -0.15) is 5.10 Å². The number of ether oxygens (including phenoxy) is 2. The first-order valence-corrected chi connectivity index (χ1v) is 25.7. The minimum atomic E-state index is -1.12. The highest BCUT2D eigenvalue weighted by Gasteiger charge is 2.50. The molecule has 5 aromatic rings. The number of rotatable bonds is 13. The summed E-state index contributed by atoms with van der Waals surface area (Å²) in [5, 5.41) is 20.1. The number of aliphatic hydroxyl groups is 1. The van der Waals surface area contributed by atoms with E-state index in [9.17, 15) is 24.3 Å². The van der Waals surface area contributed by atoms with Gasteiger partial charge in [0.15, 0.2) is 23.0 Å². The fourth-order valence-corrected chi connectivity index (χ4v) is 12.4. The summed E-state index contributed by atoms with van der Waals surface area (Å²) in [6.07, 6.45) is 6.42. The standard InChI is InChI=1S/C54H60ClF3N8O7/c1-30-45-43(28-40(57)48(55)47(45)46-36(50(59)69)12-13-42(49(46)58)72-25-24-67)73-54(30,33-6-4-3-5-7-33)29-60-34-10-8-32(9-11-34)52(70)65-21-16-35(17-22-65)64-19-14-31(15-20-64)37-27-41-38(26-39(37)56)51(62-63(41)2)66-23-18-44(68)61-53(66)71/h3-7,12-13,26-28,30-32,34-35,60,67H,8-11,14-25,29H2,1-2H3,(H2,59,69)(H,61,68,71)/t30-,32?,34?,54-/m0/s1. The number of piperidine rings is 2. The van der Waals surface area contributed by atoms with Crippen LogP contribution in [0.2, 0.25) is 5.02 Å². The number of aromatic nitrogens is 2. The summed E-state index contributed by atoms with van der Waals surface area (Å²) in [7, 11) is 1.77. The number of urea groups is 1. The zero-order chi connectivity index (χ0) is 51.3. The molecule has 5 aliphatic rings. The third-order valence-corrected chi connectivity index (χ3v) is 16.5. The van der Waals surface area contributed by atoms with Crippen molar-refractivity contribution in [3.63, 3.8) is 0 Å². The summed E-state index contributed by atoms with van der Waals surface area (Å²) in [5.41, 5.74) is 6.60. The Morgan fingerprint density at radius 2 is 1.66 bits per heavy atom. The van der Waals surface area contributed by atoms with Gasteiger partial charge in [0, 0.05) is 91.7 Å². The van der Waals surface area contributed by atoms with Gasteiger partial charge in [-0.25, -0.2) is 18.0 Å². The van der Waals surface area contributed by atoms with Gasteiger partial charge in [-0.1, -0.05) is 48.9 Å². The van der Waals surface area contributed by atoms with Gasteiger partial charge in [0.25, 0.3) is 0 Å². The molecule has 1 saturated carbocycles. The monoisotopic (exact) mass is 1020 g/mol. The van der Waals surface area contributed by atoms with Crippen LogP contribution in [-0.2, 0) is 22.2 Å². The van der Waals surface area contributed by atoms with Crippen LogP contribution in [0.15, 0.2) is 60.7 Å². The number of anilines is 1. The van der Waals surface area contributed by atoms with Crippen LogP contribution in [-0.4, -0.2) is 113 Å². The molecule has 5 amide bonds. The fraction of sp³-hybridized carbons (Fsp3) is 0.463. The SMILES string of the molecule is C[C@H]1c2c(cc(F)c(Cl)c2-c2c(C(N)=O)ccc(OCCO)c2F)O[C@]1(CNC1CCC(C(=O)N2CCC(N3CCC(c4cc5c(cc4F)c(N4CCC(=O)NC4=O)nn5C)CC3)CC2)CC1)c1ccccc1. The van der Waals surface area contributed by atoms with Crippen LogP contribution >= 0.6 is 11.6 Å². The van der Waals surface area contributed by atoms with E-state index in [0.717, 1.165) is 62.7 Å². The number of nitrogens with one attached hydrogen (secondary N) is 2. The summed E-state index contributed by atoms with van der Waals surface area (Å²) in [6.45, 7) is 4.78. The number of carbonyl (C=O) groups excluding carboxylic acids is 4. The predicted molar refractivity (Wildman–Crippen MR) is 268 cm³/mol. The largest absolute Gasteiger partial charge is 0.488 e. The van der Waals surface area contributed by atoms with Crippen molar-refractivity contribution in [3.8, 4) is 22.6 Å². The third kappa shape index (κ3) is 9.40.